The van der Waals surface area contributed by atoms with E-state index in [0.29, 0.717) is 6.04 Å². The molecular formula is C13H24N4. The maximum Gasteiger partial charge on any atom is 0.0921 e. The molecule has 0 radical (unpaired) electrons. The highest BCUT2D eigenvalue weighted by atomic mass is 15.0. The van der Waals surface area contributed by atoms with Crippen molar-refractivity contribution in [3.05, 3.63) is 18.2 Å². The average Bonchev–Trinajstić information content (AvgIpc) is 2.83. The van der Waals surface area contributed by atoms with Gasteiger partial charge in [0.05, 0.1) is 6.33 Å². The highest BCUT2D eigenvalue weighted by molar-refractivity contribution is 4.94. The van der Waals surface area contributed by atoms with Gasteiger partial charge in [0.2, 0.25) is 0 Å². The van der Waals surface area contributed by atoms with Gasteiger partial charge < -0.3 is 15.6 Å². The second-order valence-corrected chi connectivity index (χ2v) is 5.06. The summed E-state index contributed by atoms with van der Waals surface area (Å²) < 4.78 is 0. The third kappa shape index (κ3) is 4.48. The van der Waals surface area contributed by atoms with Gasteiger partial charge in [-0.1, -0.05) is 6.42 Å². The van der Waals surface area contributed by atoms with Crippen LogP contribution in [0.1, 0.15) is 38.3 Å². The van der Waals surface area contributed by atoms with E-state index in [0.717, 1.165) is 19.0 Å². The zero-order valence-corrected chi connectivity index (χ0v) is 10.7. The van der Waals surface area contributed by atoms with E-state index in [2.05, 4.69) is 27.5 Å². The third-order valence-corrected chi connectivity index (χ3v) is 3.49. The van der Waals surface area contributed by atoms with Gasteiger partial charge >= 0.3 is 0 Å². The molecule has 0 aromatic carbocycles. The van der Waals surface area contributed by atoms with Crippen LogP contribution in [0.25, 0.3) is 0 Å². The first-order valence-electron chi connectivity index (χ1n) is 6.78. The van der Waals surface area contributed by atoms with Crippen molar-refractivity contribution in [2.75, 3.05) is 13.1 Å². The molecule has 2 atom stereocenters. The van der Waals surface area contributed by atoms with Crippen molar-refractivity contribution in [1.29, 1.82) is 0 Å². The smallest absolute Gasteiger partial charge is 0.0921 e. The fraction of sp³-hybridized carbons (Fsp3) is 0.769. The topological polar surface area (TPSA) is 52.7 Å². The standard InChI is InChI=1S/C13H24N4/c1-11(8-12-4-2-3-6-16-12)15-7-5-13-9-14-10-17-13/h9-12,15-16H,2-8H2,1H3,(H,14,17). The van der Waals surface area contributed by atoms with Crippen LogP contribution in [0.2, 0.25) is 0 Å². The van der Waals surface area contributed by atoms with Gasteiger partial charge in [-0.25, -0.2) is 4.98 Å². The van der Waals surface area contributed by atoms with Crippen molar-refractivity contribution >= 4 is 0 Å². The number of aromatic amines is 1. The Morgan fingerprint density at radius 1 is 1.53 bits per heavy atom. The van der Waals surface area contributed by atoms with E-state index >= 15 is 0 Å². The maximum atomic E-state index is 4.02. The van der Waals surface area contributed by atoms with E-state index < -0.39 is 0 Å². The normalized spacial score (nSPS) is 22.5. The van der Waals surface area contributed by atoms with Crippen LogP contribution < -0.4 is 10.6 Å². The molecule has 17 heavy (non-hydrogen) atoms. The fourth-order valence-corrected chi connectivity index (χ4v) is 2.51. The van der Waals surface area contributed by atoms with Gasteiger partial charge in [0.1, 0.15) is 0 Å². The summed E-state index contributed by atoms with van der Waals surface area (Å²) in [5, 5.41) is 7.18. The van der Waals surface area contributed by atoms with Gasteiger partial charge in [0, 0.05) is 36.9 Å². The molecule has 1 aliphatic heterocycles. The zero-order valence-electron chi connectivity index (χ0n) is 10.7. The molecule has 3 N–H and O–H groups in total. The van der Waals surface area contributed by atoms with E-state index in [-0.39, 0.29) is 0 Å². The molecule has 0 spiro atoms. The fourth-order valence-electron chi connectivity index (χ4n) is 2.51. The van der Waals surface area contributed by atoms with Crippen molar-refractivity contribution in [2.45, 2.75) is 51.1 Å². The molecule has 0 bridgehead atoms. The summed E-state index contributed by atoms with van der Waals surface area (Å²) in [7, 11) is 0. The van der Waals surface area contributed by atoms with Crippen molar-refractivity contribution in [2.24, 2.45) is 0 Å². The van der Waals surface area contributed by atoms with Crippen LogP contribution in [0.3, 0.4) is 0 Å². The predicted molar refractivity (Wildman–Crippen MR) is 70.0 cm³/mol. The van der Waals surface area contributed by atoms with E-state index in [1.807, 2.05) is 6.20 Å². The quantitative estimate of drug-likeness (QED) is 0.701. The number of nitrogens with zero attached hydrogens (tertiary/aromatic N) is 1. The molecule has 2 rings (SSSR count). The number of H-pyrrole nitrogens is 1. The van der Waals surface area contributed by atoms with Crippen LogP contribution in [0, 0.1) is 0 Å². The van der Waals surface area contributed by atoms with Crippen molar-refractivity contribution in [3.63, 3.8) is 0 Å². The van der Waals surface area contributed by atoms with Gasteiger partial charge in [-0.15, -0.1) is 0 Å². The summed E-state index contributed by atoms with van der Waals surface area (Å²) in [6.45, 7) is 4.50. The molecule has 1 saturated heterocycles. The third-order valence-electron chi connectivity index (χ3n) is 3.49. The summed E-state index contributed by atoms with van der Waals surface area (Å²) in [5.74, 6) is 0. The number of imidazole rings is 1. The summed E-state index contributed by atoms with van der Waals surface area (Å²) in [6.07, 6.45) is 9.98. The number of rotatable bonds is 6. The van der Waals surface area contributed by atoms with E-state index in [1.165, 1.54) is 37.9 Å². The molecule has 2 heterocycles. The van der Waals surface area contributed by atoms with Crippen LogP contribution in [-0.4, -0.2) is 35.1 Å². The van der Waals surface area contributed by atoms with E-state index in [4.69, 9.17) is 0 Å². The number of hydrogen-bond acceptors (Lipinski definition) is 3. The van der Waals surface area contributed by atoms with E-state index in [1.54, 1.807) is 6.33 Å². The monoisotopic (exact) mass is 236 g/mol. The van der Waals surface area contributed by atoms with Gasteiger partial charge in [-0.05, 0) is 32.7 Å². The van der Waals surface area contributed by atoms with Crippen LogP contribution in [0.15, 0.2) is 12.5 Å². The van der Waals surface area contributed by atoms with Crippen LogP contribution >= 0.6 is 0 Å². The predicted octanol–water partition coefficient (Wildman–Crippen LogP) is 1.46. The number of nitrogens with one attached hydrogen (secondary N) is 3. The molecule has 1 fully saturated rings. The first-order valence-corrected chi connectivity index (χ1v) is 6.78. The molecular weight excluding hydrogens is 212 g/mol. The largest absolute Gasteiger partial charge is 0.348 e. The summed E-state index contributed by atoms with van der Waals surface area (Å²) >= 11 is 0. The van der Waals surface area contributed by atoms with Crippen molar-refractivity contribution in [1.82, 2.24) is 20.6 Å². The molecule has 1 aliphatic rings. The Hall–Kier alpha value is -0.870. The van der Waals surface area contributed by atoms with Crippen LogP contribution in [0.5, 0.6) is 0 Å². The minimum absolute atomic E-state index is 0.591. The molecule has 2 unspecified atom stereocenters. The molecule has 0 amide bonds. The minimum Gasteiger partial charge on any atom is -0.348 e. The highest BCUT2D eigenvalue weighted by Gasteiger charge is 2.15. The molecule has 4 nitrogen and oxygen atoms in total. The number of piperidine rings is 1. The molecule has 0 saturated carbocycles. The van der Waals surface area contributed by atoms with Gasteiger partial charge in [-0.3, -0.25) is 0 Å². The lowest BCUT2D eigenvalue weighted by molar-refractivity contribution is 0.346. The lowest BCUT2D eigenvalue weighted by atomic mass is 9.99. The summed E-state index contributed by atoms with van der Waals surface area (Å²) in [6, 6.07) is 1.31. The lowest BCUT2D eigenvalue weighted by Crippen LogP contribution is -2.40. The Morgan fingerprint density at radius 2 is 2.47 bits per heavy atom. The SMILES string of the molecule is CC(CC1CCCCN1)NCCc1cnc[nH]1. The lowest BCUT2D eigenvalue weighted by Gasteiger charge is -2.26. The Kier molecular flexibility index (Phi) is 5.01. The van der Waals surface area contributed by atoms with Crippen LogP contribution in [0.4, 0.5) is 0 Å². The van der Waals surface area contributed by atoms with Gasteiger partial charge in [0.25, 0.3) is 0 Å². The molecule has 1 aromatic heterocycles. The zero-order chi connectivity index (χ0) is 11.9. The first-order chi connectivity index (χ1) is 8.34. The van der Waals surface area contributed by atoms with Crippen molar-refractivity contribution < 1.29 is 0 Å². The Bertz CT molecular complexity index is 290. The first kappa shape index (κ1) is 12.6. The second kappa shape index (κ2) is 6.77. The minimum atomic E-state index is 0.591. The molecule has 4 heteroatoms. The van der Waals surface area contributed by atoms with Crippen LogP contribution in [-0.2, 0) is 6.42 Å². The number of hydrogen-bond donors (Lipinski definition) is 3. The highest BCUT2D eigenvalue weighted by Crippen LogP contribution is 2.11. The van der Waals surface area contributed by atoms with Gasteiger partial charge in [-0.2, -0.15) is 0 Å². The number of aromatic nitrogens is 2. The molecule has 0 aliphatic carbocycles. The Labute approximate surface area is 104 Å². The summed E-state index contributed by atoms with van der Waals surface area (Å²) in [4.78, 5) is 7.15. The Morgan fingerprint density at radius 3 is 3.18 bits per heavy atom. The second-order valence-electron chi connectivity index (χ2n) is 5.06. The summed E-state index contributed by atoms with van der Waals surface area (Å²) in [5.41, 5.74) is 1.21. The molecule has 1 aromatic rings. The van der Waals surface area contributed by atoms with Gasteiger partial charge in [0.15, 0.2) is 0 Å². The van der Waals surface area contributed by atoms with Crippen molar-refractivity contribution in [3.8, 4) is 0 Å². The molecule has 96 valence electrons. The average molecular weight is 236 g/mol. The Balaban J connectivity index is 1.58. The van der Waals surface area contributed by atoms with E-state index in [9.17, 15) is 0 Å². The maximum absolute atomic E-state index is 4.02.